The van der Waals surface area contributed by atoms with Gasteiger partial charge in [-0.2, -0.15) is 0 Å². The van der Waals surface area contributed by atoms with Crippen molar-refractivity contribution in [1.82, 2.24) is 0 Å². The van der Waals surface area contributed by atoms with Crippen LogP contribution < -0.4 is 0 Å². The van der Waals surface area contributed by atoms with Gasteiger partial charge in [0.05, 0.1) is 0 Å². The first kappa shape index (κ1) is 31.4. The van der Waals surface area contributed by atoms with E-state index < -0.39 is 0 Å². The van der Waals surface area contributed by atoms with Crippen LogP contribution in [0.2, 0.25) is 0 Å². The number of hydrogen-bond donors (Lipinski definition) is 0. The quantitative estimate of drug-likeness (QED) is 0.507. The van der Waals surface area contributed by atoms with Crippen molar-refractivity contribution in [3.8, 4) is 0 Å². The largest absolute Gasteiger partial charge is 2.00 e. The third kappa shape index (κ3) is 8.82. The maximum Gasteiger partial charge on any atom is 2.00 e. The Labute approximate surface area is 80.5 Å². The van der Waals surface area contributed by atoms with Gasteiger partial charge in [-0.1, -0.05) is 0 Å². The summed E-state index contributed by atoms with van der Waals surface area (Å²) < 4.78 is 0. The summed E-state index contributed by atoms with van der Waals surface area (Å²) in [5.74, 6) is 0. The Balaban J connectivity index is 0. The van der Waals surface area contributed by atoms with Gasteiger partial charge in [0.1, 0.15) is 0 Å². The molecule has 0 amide bonds. The number of hydrogen-bond acceptors (Lipinski definition) is 0. The standard InChI is InChI=1S/Cr.Fe.Mg.Mo.2H/q;;+2;;2*-1. The van der Waals surface area contributed by atoms with Gasteiger partial charge in [0.25, 0.3) is 0 Å². The van der Waals surface area contributed by atoms with Crippen molar-refractivity contribution in [3.05, 3.63) is 0 Å². The summed E-state index contributed by atoms with van der Waals surface area (Å²) in [5, 5.41) is 0. The smallest absolute Gasteiger partial charge is 1.00 e. The van der Waals surface area contributed by atoms with Crippen LogP contribution in [-0.2, 0) is 55.5 Å². The topological polar surface area (TPSA) is 0 Å². The molecule has 0 aliphatic carbocycles. The van der Waals surface area contributed by atoms with Crippen molar-refractivity contribution in [2.75, 3.05) is 0 Å². The molecule has 0 saturated heterocycles. The van der Waals surface area contributed by atoms with Gasteiger partial charge in [0.2, 0.25) is 0 Å². The van der Waals surface area contributed by atoms with Gasteiger partial charge in [-0.15, -0.1) is 0 Å². The molecule has 0 nitrogen and oxygen atoms in total. The van der Waals surface area contributed by atoms with E-state index in [1.165, 1.54) is 0 Å². The molecule has 0 N–H and O–H groups in total. The maximum atomic E-state index is 0. The van der Waals surface area contributed by atoms with Crippen molar-refractivity contribution in [2.45, 2.75) is 0 Å². The molecule has 0 aromatic rings. The van der Waals surface area contributed by atoms with Crippen LogP contribution in [-0.4, -0.2) is 23.1 Å². The van der Waals surface area contributed by atoms with Crippen LogP contribution >= 0.6 is 0 Å². The van der Waals surface area contributed by atoms with Gasteiger partial charge in [-0.3, -0.25) is 0 Å². The minimum atomic E-state index is 0. The molecule has 0 saturated carbocycles. The van der Waals surface area contributed by atoms with Gasteiger partial charge in [-0.25, -0.2) is 0 Å². The molecule has 0 radical (unpaired) electrons. The fourth-order valence-corrected chi connectivity index (χ4v) is 0. The third-order valence-electron chi connectivity index (χ3n) is 0. The molecule has 0 aromatic carbocycles. The zero-order valence-electron chi connectivity index (χ0n) is 3.88. The van der Waals surface area contributed by atoms with Gasteiger partial charge in [0, 0.05) is 55.5 Å². The van der Waals surface area contributed by atoms with Crippen LogP contribution in [0.15, 0.2) is 0 Å². The third-order valence-corrected chi connectivity index (χ3v) is 0. The summed E-state index contributed by atoms with van der Waals surface area (Å²) in [5.41, 5.74) is 0. The Hall–Kier alpha value is 2.51. The van der Waals surface area contributed by atoms with Crippen molar-refractivity contribution >= 4 is 23.1 Å². The zero-order valence-corrected chi connectivity index (χ0v) is 7.68. The summed E-state index contributed by atoms with van der Waals surface area (Å²) in [7, 11) is 0. The Bertz CT molecular complexity index is 13.5. The van der Waals surface area contributed by atoms with Crippen molar-refractivity contribution in [1.29, 1.82) is 0 Å². The molecule has 0 aliphatic heterocycles. The van der Waals surface area contributed by atoms with E-state index in [0.717, 1.165) is 0 Å². The summed E-state index contributed by atoms with van der Waals surface area (Å²) in [6.07, 6.45) is 0. The molecule has 0 heterocycles. The van der Waals surface area contributed by atoms with E-state index in [4.69, 9.17) is 0 Å². The van der Waals surface area contributed by atoms with Crippen molar-refractivity contribution < 1.29 is 58.3 Å². The second-order valence-electron chi connectivity index (χ2n) is 0. The van der Waals surface area contributed by atoms with Crippen molar-refractivity contribution in [2.24, 2.45) is 0 Å². The molecule has 0 bridgehead atoms. The van der Waals surface area contributed by atoms with Crippen LogP contribution in [0.4, 0.5) is 0 Å². The molecule has 0 aromatic heterocycles. The molecule has 4 heavy (non-hydrogen) atoms. The zero-order chi connectivity index (χ0) is 0. The van der Waals surface area contributed by atoms with Gasteiger partial charge >= 0.3 is 23.1 Å². The van der Waals surface area contributed by atoms with E-state index in [1.807, 2.05) is 0 Å². The van der Waals surface area contributed by atoms with E-state index in [1.54, 1.807) is 0 Å². The minimum Gasteiger partial charge on any atom is -1.00 e. The van der Waals surface area contributed by atoms with Crippen LogP contribution in [0.3, 0.4) is 0 Å². The fraction of sp³-hybridized carbons (Fsp3) is 0. The summed E-state index contributed by atoms with van der Waals surface area (Å²) >= 11 is 0. The average molecular weight is 230 g/mol. The number of rotatable bonds is 0. The maximum absolute atomic E-state index is 0. The minimum absolute atomic E-state index is 0. The van der Waals surface area contributed by atoms with E-state index in [9.17, 15) is 0 Å². The molecule has 0 atom stereocenters. The molecule has 0 aliphatic rings. The molecule has 24 valence electrons. The first-order valence-electron chi connectivity index (χ1n) is 0. The van der Waals surface area contributed by atoms with E-state index >= 15 is 0 Å². The van der Waals surface area contributed by atoms with Crippen LogP contribution in [0.25, 0.3) is 0 Å². The van der Waals surface area contributed by atoms with E-state index in [0.29, 0.717) is 0 Å². The van der Waals surface area contributed by atoms with Crippen molar-refractivity contribution in [3.63, 3.8) is 0 Å². The SMILES string of the molecule is [Cr].[Fe].[H-].[H-].[Mg+2].[Mo]. The second kappa shape index (κ2) is 17.8. The predicted molar refractivity (Wildman–Crippen MR) is 7.98 cm³/mol. The molecule has 4 heteroatoms. The molecule has 0 unspecified atom stereocenters. The normalized spacial score (nSPS) is 0. The van der Waals surface area contributed by atoms with Crippen LogP contribution in [0, 0.1) is 0 Å². The molecular weight excluding hydrogens is 228 g/mol. The Morgan fingerprint density at radius 1 is 1.25 bits per heavy atom. The summed E-state index contributed by atoms with van der Waals surface area (Å²) in [4.78, 5) is 0. The predicted octanol–water partition coefficient (Wildman–Crippen LogP) is -0.163. The van der Waals surface area contributed by atoms with Crippen LogP contribution in [0.1, 0.15) is 2.85 Å². The second-order valence-corrected chi connectivity index (χ2v) is 0. The molecule has 0 fully saturated rings. The molecular formula is H2CrFeMgMo. The van der Waals surface area contributed by atoms with Gasteiger partial charge in [-0.05, 0) is 0 Å². The Kier molecular flexibility index (Phi) is 140. The van der Waals surface area contributed by atoms with E-state index in [2.05, 4.69) is 0 Å². The molecule has 0 spiro atoms. The van der Waals surface area contributed by atoms with E-state index in [-0.39, 0.29) is 81.4 Å². The fourth-order valence-electron chi connectivity index (χ4n) is 0. The van der Waals surface area contributed by atoms with Crippen LogP contribution in [0.5, 0.6) is 0 Å². The average Bonchev–Trinajstić information content (AvgIpc) is 0. The van der Waals surface area contributed by atoms with Gasteiger partial charge < -0.3 is 2.85 Å². The Morgan fingerprint density at radius 2 is 1.25 bits per heavy atom. The Morgan fingerprint density at radius 3 is 1.25 bits per heavy atom. The van der Waals surface area contributed by atoms with Gasteiger partial charge in [0.15, 0.2) is 0 Å². The molecule has 0 rings (SSSR count). The first-order valence-corrected chi connectivity index (χ1v) is 0. The summed E-state index contributed by atoms with van der Waals surface area (Å²) in [6.45, 7) is 0. The summed E-state index contributed by atoms with van der Waals surface area (Å²) in [6, 6.07) is 0. The monoisotopic (exact) mass is 232 g/mol. The first-order chi connectivity index (χ1) is 0.